The van der Waals surface area contributed by atoms with E-state index in [-0.39, 0.29) is 23.6 Å². The summed E-state index contributed by atoms with van der Waals surface area (Å²) in [4.78, 5) is 27.8. The molecule has 134 valence electrons. The number of carbonyl (C=O) groups excluding carboxylic acids is 1. The van der Waals surface area contributed by atoms with Crippen molar-refractivity contribution in [3.05, 3.63) is 46.1 Å². The Kier molecular flexibility index (Phi) is 4.93. The third-order valence-corrected chi connectivity index (χ3v) is 5.19. The number of aromatic nitrogens is 1. The second-order valence-electron chi connectivity index (χ2n) is 7.24. The maximum absolute atomic E-state index is 13.6. The fraction of sp³-hybridized carbons (Fsp3) is 0.500. The fourth-order valence-electron chi connectivity index (χ4n) is 3.79. The molecule has 4 nitrogen and oxygen atoms in total. The lowest BCUT2D eigenvalue weighted by molar-refractivity contribution is 0.0682. The lowest BCUT2D eigenvalue weighted by Gasteiger charge is -2.32. The third-order valence-electron chi connectivity index (χ3n) is 5.19. The average Bonchev–Trinajstić information content (AvgIpc) is 2.61. The Morgan fingerprint density at radius 1 is 1.20 bits per heavy atom. The van der Waals surface area contributed by atoms with Gasteiger partial charge < -0.3 is 9.47 Å². The highest BCUT2D eigenvalue weighted by Gasteiger charge is 2.26. The van der Waals surface area contributed by atoms with Gasteiger partial charge in [0.05, 0.1) is 5.39 Å². The molecule has 0 N–H and O–H groups in total. The molecule has 0 saturated heterocycles. The van der Waals surface area contributed by atoms with Gasteiger partial charge in [-0.25, -0.2) is 4.39 Å². The summed E-state index contributed by atoms with van der Waals surface area (Å²) >= 11 is 0. The minimum Gasteiger partial charge on any atom is -0.337 e. The highest BCUT2D eigenvalue weighted by Crippen LogP contribution is 2.24. The van der Waals surface area contributed by atoms with Crippen molar-refractivity contribution < 1.29 is 9.18 Å². The highest BCUT2D eigenvalue weighted by molar-refractivity contribution is 5.96. The van der Waals surface area contributed by atoms with E-state index in [1.807, 2.05) is 20.9 Å². The topological polar surface area (TPSA) is 42.3 Å². The molecule has 1 aromatic heterocycles. The molecule has 1 heterocycles. The van der Waals surface area contributed by atoms with Gasteiger partial charge in [0.2, 0.25) is 0 Å². The van der Waals surface area contributed by atoms with Crippen LogP contribution in [-0.2, 0) is 0 Å². The number of fused-ring (bicyclic) bond motifs is 1. The Morgan fingerprint density at radius 2 is 1.88 bits per heavy atom. The highest BCUT2D eigenvalue weighted by atomic mass is 19.1. The van der Waals surface area contributed by atoms with Crippen molar-refractivity contribution in [2.24, 2.45) is 0 Å². The summed E-state index contributed by atoms with van der Waals surface area (Å²) in [6.07, 6.45) is 5.50. The van der Waals surface area contributed by atoms with Crippen LogP contribution in [0.5, 0.6) is 0 Å². The summed E-state index contributed by atoms with van der Waals surface area (Å²) in [7, 11) is 1.82. The maximum atomic E-state index is 13.6. The lowest BCUT2D eigenvalue weighted by Crippen LogP contribution is -2.41. The van der Waals surface area contributed by atoms with Crippen LogP contribution >= 0.6 is 0 Å². The Bertz CT molecular complexity index is 851. The molecule has 1 aliphatic rings. The lowest BCUT2D eigenvalue weighted by atomic mass is 9.94. The molecule has 0 atom stereocenters. The van der Waals surface area contributed by atoms with Gasteiger partial charge >= 0.3 is 0 Å². The largest absolute Gasteiger partial charge is 0.337 e. The van der Waals surface area contributed by atoms with Crippen molar-refractivity contribution in [3.63, 3.8) is 0 Å². The van der Waals surface area contributed by atoms with E-state index in [1.165, 1.54) is 23.1 Å². The monoisotopic (exact) mass is 344 g/mol. The van der Waals surface area contributed by atoms with E-state index in [2.05, 4.69) is 0 Å². The number of carbonyl (C=O) groups is 1. The standard InChI is InChI=1S/C20H25FN2O2/c1-13(2)23-18(20(25)22(3)16-7-5-4-6-8-16)11-14-9-10-15(21)12-17(14)19(23)24/h9-13,16H,4-8H2,1-3H3. The van der Waals surface area contributed by atoms with E-state index in [0.717, 1.165) is 25.7 Å². The van der Waals surface area contributed by atoms with Crippen LogP contribution in [0.15, 0.2) is 29.1 Å². The quantitative estimate of drug-likeness (QED) is 0.840. The van der Waals surface area contributed by atoms with E-state index < -0.39 is 5.82 Å². The molecule has 3 rings (SSSR count). The summed E-state index contributed by atoms with van der Waals surface area (Å²) < 4.78 is 15.0. The molecule has 1 fully saturated rings. The molecular formula is C20H25FN2O2. The van der Waals surface area contributed by atoms with Crippen molar-refractivity contribution >= 4 is 16.7 Å². The van der Waals surface area contributed by atoms with Gasteiger partial charge in [0.25, 0.3) is 11.5 Å². The first-order valence-corrected chi connectivity index (χ1v) is 9.02. The zero-order valence-electron chi connectivity index (χ0n) is 15.1. The molecular weight excluding hydrogens is 319 g/mol. The van der Waals surface area contributed by atoms with Crippen molar-refractivity contribution in [2.75, 3.05) is 7.05 Å². The minimum absolute atomic E-state index is 0.135. The molecule has 0 bridgehead atoms. The van der Waals surface area contributed by atoms with Gasteiger partial charge in [0.1, 0.15) is 11.5 Å². The van der Waals surface area contributed by atoms with Gasteiger partial charge in [-0.15, -0.1) is 0 Å². The molecule has 1 aromatic carbocycles. The predicted octanol–water partition coefficient (Wildman–Crippen LogP) is 4.13. The third kappa shape index (κ3) is 3.32. The van der Waals surface area contributed by atoms with Crippen LogP contribution in [0.3, 0.4) is 0 Å². The van der Waals surface area contributed by atoms with Crippen LogP contribution < -0.4 is 5.56 Å². The number of nitrogens with zero attached hydrogens (tertiary/aromatic N) is 2. The average molecular weight is 344 g/mol. The zero-order chi connectivity index (χ0) is 18.1. The fourth-order valence-corrected chi connectivity index (χ4v) is 3.79. The van der Waals surface area contributed by atoms with Gasteiger partial charge in [0, 0.05) is 19.1 Å². The van der Waals surface area contributed by atoms with Crippen LogP contribution in [0.25, 0.3) is 10.8 Å². The number of pyridine rings is 1. The van der Waals surface area contributed by atoms with E-state index in [9.17, 15) is 14.0 Å². The van der Waals surface area contributed by atoms with Gasteiger partial charge in [-0.2, -0.15) is 0 Å². The minimum atomic E-state index is -0.446. The summed E-state index contributed by atoms with van der Waals surface area (Å²) in [6, 6.07) is 5.89. The van der Waals surface area contributed by atoms with E-state index in [0.29, 0.717) is 16.5 Å². The molecule has 1 aliphatic carbocycles. The van der Waals surface area contributed by atoms with Crippen LogP contribution in [0.1, 0.15) is 62.5 Å². The van der Waals surface area contributed by atoms with Gasteiger partial charge in [-0.1, -0.05) is 25.3 Å². The first-order valence-electron chi connectivity index (χ1n) is 9.02. The van der Waals surface area contributed by atoms with E-state index in [4.69, 9.17) is 0 Å². The van der Waals surface area contributed by atoms with E-state index in [1.54, 1.807) is 17.0 Å². The Labute approximate surface area is 147 Å². The molecule has 2 aromatic rings. The molecule has 5 heteroatoms. The molecule has 0 radical (unpaired) electrons. The molecule has 25 heavy (non-hydrogen) atoms. The number of amides is 1. The second kappa shape index (κ2) is 6.98. The number of hydrogen-bond acceptors (Lipinski definition) is 2. The Hall–Kier alpha value is -2.17. The summed E-state index contributed by atoms with van der Waals surface area (Å²) in [5.74, 6) is -0.581. The van der Waals surface area contributed by atoms with Gasteiger partial charge in [-0.3, -0.25) is 9.59 Å². The Balaban J connectivity index is 2.10. The summed E-state index contributed by atoms with van der Waals surface area (Å²) in [5, 5.41) is 0.911. The second-order valence-corrected chi connectivity index (χ2v) is 7.24. The zero-order valence-corrected chi connectivity index (χ0v) is 15.1. The smallest absolute Gasteiger partial charge is 0.270 e. The predicted molar refractivity (Wildman–Crippen MR) is 97.5 cm³/mol. The molecule has 1 amide bonds. The van der Waals surface area contributed by atoms with Crippen molar-refractivity contribution in [3.8, 4) is 0 Å². The number of benzene rings is 1. The van der Waals surface area contributed by atoms with Crippen LogP contribution in [0.2, 0.25) is 0 Å². The SMILES string of the molecule is CC(C)n1c(C(=O)N(C)C2CCCCC2)cc2ccc(F)cc2c1=O. The Morgan fingerprint density at radius 3 is 2.52 bits per heavy atom. The number of rotatable bonds is 3. The first-order chi connectivity index (χ1) is 11.9. The summed E-state index contributed by atoms with van der Waals surface area (Å²) in [6.45, 7) is 3.73. The van der Waals surface area contributed by atoms with Crippen LogP contribution in [0, 0.1) is 5.82 Å². The first kappa shape index (κ1) is 17.6. The maximum Gasteiger partial charge on any atom is 0.270 e. The van der Waals surface area contributed by atoms with Crippen molar-refractivity contribution in [1.29, 1.82) is 0 Å². The summed E-state index contributed by atoms with van der Waals surface area (Å²) in [5.41, 5.74) is 0.0691. The molecule has 0 spiro atoms. The molecule has 0 aliphatic heterocycles. The van der Waals surface area contributed by atoms with Crippen LogP contribution in [-0.4, -0.2) is 28.5 Å². The molecule has 0 unspecified atom stereocenters. The normalized spacial score (nSPS) is 15.7. The van der Waals surface area contributed by atoms with Gasteiger partial charge in [-0.05, 0) is 50.3 Å². The van der Waals surface area contributed by atoms with Crippen LogP contribution in [0.4, 0.5) is 4.39 Å². The number of halogens is 1. The van der Waals surface area contributed by atoms with E-state index >= 15 is 0 Å². The van der Waals surface area contributed by atoms with Crippen molar-refractivity contribution in [2.45, 2.75) is 58.0 Å². The number of hydrogen-bond donors (Lipinski definition) is 0. The van der Waals surface area contributed by atoms with Gasteiger partial charge in [0.15, 0.2) is 0 Å². The van der Waals surface area contributed by atoms with Crippen molar-refractivity contribution in [1.82, 2.24) is 9.47 Å². The molecule has 1 saturated carbocycles.